The van der Waals surface area contributed by atoms with Crippen LogP contribution in [0.3, 0.4) is 0 Å². The summed E-state index contributed by atoms with van der Waals surface area (Å²) in [6, 6.07) is 12.2. The molecule has 0 radical (unpaired) electrons. The topological polar surface area (TPSA) is 64.4 Å². The second-order valence-electron chi connectivity index (χ2n) is 8.13. The maximum absolute atomic E-state index is 14.8. The van der Waals surface area contributed by atoms with Crippen LogP contribution in [-0.4, -0.2) is 24.9 Å². The molecule has 1 fully saturated rings. The van der Waals surface area contributed by atoms with Gasteiger partial charge in [-0.15, -0.1) is 0 Å². The fraction of sp³-hybridized carbons (Fsp3) is 0.318. The highest BCUT2D eigenvalue weighted by molar-refractivity contribution is 9.10. The molecule has 2 aliphatic rings. The molecule has 148 valence electrons. The van der Waals surface area contributed by atoms with Crippen molar-refractivity contribution in [3.8, 4) is 6.07 Å². The predicted octanol–water partition coefficient (Wildman–Crippen LogP) is 4.14. The van der Waals surface area contributed by atoms with Crippen molar-refractivity contribution in [2.24, 2.45) is 5.92 Å². The highest BCUT2D eigenvalue weighted by Crippen LogP contribution is 2.45. The van der Waals surface area contributed by atoms with E-state index in [9.17, 15) is 14.0 Å². The van der Waals surface area contributed by atoms with Crippen LogP contribution in [0.1, 0.15) is 31.4 Å². The number of rotatable bonds is 2. The van der Waals surface area contributed by atoms with E-state index in [4.69, 9.17) is 5.26 Å². The quantitative estimate of drug-likeness (QED) is 0.683. The standard InChI is InChI=1S/C22H19BrFN3O2/c1-22(2)12-27(17-7-6-16(23)20(24)19(17)22)21(29)14-9-18(28)26(11-14)15-5-3-4-13(8-15)10-25/h3-8,14H,9,11-12H2,1-2H3/t14-/m0/s1. The van der Waals surface area contributed by atoms with Gasteiger partial charge in [0.15, 0.2) is 0 Å². The molecule has 2 amide bonds. The molecule has 1 atom stereocenters. The van der Waals surface area contributed by atoms with Gasteiger partial charge < -0.3 is 9.80 Å². The third kappa shape index (κ3) is 3.22. The summed E-state index contributed by atoms with van der Waals surface area (Å²) >= 11 is 3.22. The van der Waals surface area contributed by atoms with Crippen LogP contribution >= 0.6 is 15.9 Å². The molecule has 2 aromatic carbocycles. The summed E-state index contributed by atoms with van der Waals surface area (Å²) in [5.41, 5.74) is 1.63. The molecular formula is C22H19BrFN3O2. The van der Waals surface area contributed by atoms with E-state index in [0.29, 0.717) is 33.5 Å². The SMILES string of the molecule is CC1(C)CN(C(=O)[C@H]2CC(=O)N(c3cccc(C#N)c3)C2)c2ccc(Br)c(F)c21. The minimum Gasteiger partial charge on any atom is -0.312 e. The van der Waals surface area contributed by atoms with Crippen molar-refractivity contribution in [2.45, 2.75) is 25.7 Å². The fourth-order valence-corrected chi connectivity index (χ4v) is 4.58. The molecule has 0 unspecified atom stereocenters. The maximum Gasteiger partial charge on any atom is 0.232 e. The predicted molar refractivity (Wildman–Crippen MR) is 111 cm³/mol. The molecule has 2 aliphatic heterocycles. The molecule has 2 aromatic rings. The number of fused-ring (bicyclic) bond motifs is 1. The Kier molecular flexibility index (Phi) is 4.70. The van der Waals surface area contributed by atoms with Crippen LogP contribution < -0.4 is 9.80 Å². The van der Waals surface area contributed by atoms with Gasteiger partial charge in [0, 0.05) is 36.2 Å². The van der Waals surface area contributed by atoms with Crippen LogP contribution in [0.2, 0.25) is 0 Å². The first kappa shape index (κ1) is 19.6. The van der Waals surface area contributed by atoms with Gasteiger partial charge in [-0.2, -0.15) is 5.26 Å². The van der Waals surface area contributed by atoms with Crippen molar-refractivity contribution in [1.29, 1.82) is 5.26 Å². The number of carbonyl (C=O) groups excluding carboxylic acids is 2. The van der Waals surface area contributed by atoms with E-state index in [-0.39, 0.29) is 30.6 Å². The number of nitriles is 1. The van der Waals surface area contributed by atoms with E-state index >= 15 is 0 Å². The van der Waals surface area contributed by atoms with E-state index < -0.39 is 11.3 Å². The van der Waals surface area contributed by atoms with Gasteiger partial charge in [0.1, 0.15) is 5.82 Å². The number of amides is 2. The summed E-state index contributed by atoms with van der Waals surface area (Å²) in [6.45, 7) is 4.43. The monoisotopic (exact) mass is 455 g/mol. The Balaban J connectivity index is 1.61. The van der Waals surface area contributed by atoms with Crippen molar-refractivity contribution >= 4 is 39.1 Å². The Bertz CT molecular complexity index is 1080. The number of anilines is 2. The zero-order chi connectivity index (χ0) is 20.9. The third-order valence-electron chi connectivity index (χ3n) is 5.62. The van der Waals surface area contributed by atoms with Gasteiger partial charge in [-0.3, -0.25) is 9.59 Å². The van der Waals surface area contributed by atoms with Crippen LogP contribution in [0.25, 0.3) is 0 Å². The summed E-state index contributed by atoms with van der Waals surface area (Å²) < 4.78 is 15.1. The van der Waals surface area contributed by atoms with Gasteiger partial charge in [-0.05, 0) is 46.3 Å². The number of hydrogen-bond donors (Lipinski definition) is 0. The highest BCUT2D eigenvalue weighted by Gasteiger charge is 2.45. The van der Waals surface area contributed by atoms with Gasteiger partial charge >= 0.3 is 0 Å². The van der Waals surface area contributed by atoms with E-state index in [0.717, 1.165) is 0 Å². The Morgan fingerprint density at radius 1 is 1.31 bits per heavy atom. The maximum atomic E-state index is 14.8. The molecule has 0 saturated carbocycles. The van der Waals surface area contributed by atoms with Crippen molar-refractivity contribution in [3.05, 3.63) is 57.8 Å². The van der Waals surface area contributed by atoms with Crippen LogP contribution in [-0.2, 0) is 15.0 Å². The first-order chi connectivity index (χ1) is 13.7. The Labute approximate surface area is 176 Å². The Morgan fingerprint density at radius 2 is 2.07 bits per heavy atom. The van der Waals surface area contributed by atoms with Gasteiger partial charge in [0.05, 0.1) is 27.7 Å². The molecule has 4 rings (SSSR count). The minimum absolute atomic E-state index is 0.0981. The van der Waals surface area contributed by atoms with Gasteiger partial charge in [0.2, 0.25) is 11.8 Å². The second-order valence-corrected chi connectivity index (χ2v) is 8.99. The van der Waals surface area contributed by atoms with Gasteiger partial charge in [-0.1, -0.05) is 19.9 Å². The summed E-state index contributed by atoms with van der Waals surface area (Å²) in [6.07, 6.45) is 0.0981. The first-order valence-electron chi connectivity index (χ1n) is 9.33. The molecule has 0 N–H and O–H groups in total. The second kappa shape index (κ2) is 6.96. The molecule has 0 spiro atoms. The first-order valence-corrected chi connectivity index (χ1v) is 10.1. The summed E-state index contributed by atoms with van der Waals surface area (Å²) in [7, 11) is 0. The molecular weight excluding hydrogens is 437 g/mol. The van der Waals surface area contributed by atoms with E-state index in [2.05, 4.69) is 22.0 Å². The lowest BCUT2D eigenvalue weighted by Gasteiger charge is -2.23. The van der Waals surface area contributed by atoms with E-state index in [1.807, 2.05) is 13.8 Å². The van der Waals surface area contributed by atoms with E-state index in [1.54, 1.807) is 46.2 Å². The lowest BCUT2D eigenvalue weighted by Crippen LogP contribution is -2.39. The number of carbonyl (C=O) groups is 2. The summed E-state index contributed by atoms with van der Waals surface area (Å²) in [5, 5.41) is 9.09. The molecule has 29 heavy (non-hydrogen) atoms. The molecule has 0 aliphatic carbocycles. The molecule has 7 heteroatoms. The average Bonchev–Trinajstić information content (AvgIpc) is 3.21. The normalized spacial score (nSPS) is 20.0. The van der Waals surface area contributed by atoms with Crippen LogP contribution in [0.15, 0.2) is 40.9 Å². The van der Waals surface area contributed by atoms with E-state index in [1.165, 1.54) is 0 Å². The highest BCUT2D eigenvalue weighted by atomic mass is 79.9. The molecule has 0 bridgehead atoms. The van der Waals surface area contributed by atoms with Gasteiger partial charge in [0.25, 0.3) is 0 Å². The third-order valence-corrected chi connectivity index (χ3v) is 6.23. The van der Waals surface area contributed by atoms with Crippen LogP contribution in [0, 0.1) is 23.1 Å². The lowest BCUT2D eigenvalue weighted by atomic mass is 9.86. The number of hydrogen-bond acceptors (Lipinski definition) is 3. The lowest BCUT2D eigenvalue weighted by molar-refractivity contribution is -0.124. The zero-order valence-electron chi connectivity index (χ0n) is 16.1. The van der Waals surface area contributed by atoms with Crippen molar-refractivity contribution in [1.82, 2.24) is 0 Å². The Hall–Kier alpha value is -2.72. The van der Waals surface area contributed by atoms with Crippen LogP contribution in [0.5, 0.6) is 0 Å². The molecule has 0 aromatic heterocycles. The van der Waals surface area contributed by atoms with Crippen LogP contribution in [0.4, 0.5) is 15.8 Å². The van der Waals surface area contributed by atoms with Crippen molar-refractivity contribution in [2.75, 3.05) is 22.9 Å². The Morgan fingerprint density at radius 3 is 2.79 bits per heavy atom. The summed E-state index contributed by atoms with van der Waals surface area (Å²) in [4.78, 5) is 29.0. The van der Waals surface area contributed by atoms with Gasteiger partial charge in [-0.25, -0.2) is 4.39 Å². The number of nitrogens with zero attached hydrogens (tertiary/aromatic N) is 3. The fourth-order valence-electron chi connectivity index (χ4n) is 4.25. The smallest absolute Gasteiger partial charge is 0.232 e. The number of halogens is 2. The number of benzene rings is 2. The molecule has 5 nitrogen and oxygen atoms in total. The van der Waals surface area contributed by atoms with Crippen molar-refractivity contribution in [3.63, 3.8) is 0 Å². The average molecular weight is 456 g/mol. The zero-order valence-corrected chi connectivity index (χ0v) is 17.7. The minimum atomic E-state index is -0.526. The molecule has 1 saturated heterocycles. The molecule has 2 heterocycles. The van der Waals surface area contributed by atoms with Crippen molar-refractivity contribution < 1.29 is 14.0 Å². The summed E-state index contributed by atoms with van der Waals surface area (Å²) in [5.74, 6) is -1.19. The largest absolute Gasteiger partial charge is 0.312 e.